The van der Waals surface area contributed by atoms with E-state index in [-0.39, 0.29) is 5.69 Å². The minimum Gasteiger partial charge on any atom is -0.476 e. The number of benzene rings is 1. The largest absolute Gasteiger partial charge is 0.476 e. The molecule has 0 radical (unpaired) electrons. The SMILES string of the molecule is Cc1cnccc1-c1cc(-c2nccs2)cc(-c2cc(C(=O)O)nn2C)c1C. The van der Waals surface area contributed by atoms with Crippen molar-refractivity contribution in [1.29, 1.82) is 0 Å². The molecular formula is C21H18N4O2S. The molecule has 0 aliphatic heterocycles. The maximum absolute atomic E-state index is 11.4. The number of hydrogen-bond donors (Lipinski definition) is 1. The van der Waals surface area contributed by atoms with E-state index in [1.165, 1.54) is 0 Å². The third-order valence-corrected chi connectivity index (χ3v) is 5.59. The Bertz CT molecular complexity index is 1180. The number of aromatic nitrogens is 4. The second-order valence-corrected chi connectivity index (χ2v) is 7.46. The second kappa shape index (κ2) is 7.01. The van der Waals surface area contributed by atoms with Crippen LogP contribution in [0.15, 0.2) is 48.2 Å². The molecule has 0 aliphatic rings. The van der Waals surface area contributed by atoms with E-state index in [0.717, 1.165) is 44.1 Å². The standard InChI is InChI=1S/C21H18N4O2S/c1-12-11-22-5-4-15(12)16-8-14(20-23-6-7-28-20)9-17(13(16)2)19-10-18(21(26)27)24-25(19)3/h4-11H,1-3H3,(H,26,27). The normalized spacial score (nSPS) is 11.0. The van der Waals surface area contributed by atoms with Crippen molar-refractivity contribution in [3.63, 3.8) is 0 Å². The Labute approximate surface area is 166 Å². The van der Waals surface area contributed by atoms with Gasteiger partial charge >= 0.3 is 5.97 Å². The van der Waals surface area contributed by atoms with Gasteiger partial charge < -0.3 is 5.11 Å². The first-order valence-electron chi connectivity index (χ1n) is 8.69. The van der Waals surface area contributed by atoms with Crippen LogP contribution in [0.1, 0.15) is 21.6 Å². The van der Waals surface area contributed by atoms with Crippen molar-refractivity contribution in [2.24, 2.45) is 7.05 Å². The number of rotatable bonds is 4. The summed E-state index contributed by atoms with van der Waals surface area (Å²) >= 11 is 1.57. The van der Waals surface area contributed by atoms with Gasteiger partial charge in [-0.2, -0.15) is 5.10 Å². The highest BCUT2D eigenvalue weighted by atomic mass is 32.1. The number of nitrogens with zero attached hydrogens (tertiary/aromatic N) is 4. The van der Waals surface area contributed by atoms with E-state index in [2.05, 4.69) is 27.2 Å². The van der Waals surface area contributed by atoms with E-state index >= 15 is 0 Å². The Balaban J connectivity index is 2.01. The third-order valence-electron chi connectivity index (χ3n) is 4.77. The molecular weight excluding hydrogens is 372 g/mol. The van der Waals surface area contributed by atoms with E-state index in [0.29, 0.717) is 0 Å². The van der Waals surface area contributed by atoms with E-state index in [4.69, 9.17) is 0 Å². The van der Waals surface area contributed by atoms with Gasteiger partial charge in [0.25, 0.3) is 0 Å². The van der Waals surface area contributed by atoms with Crippen LogP contribution in [-0.2, 0) is 7.05 Å². The zero-order chi connectivity index (χ0) is 19.8. The van der Waals surface area contributed by atoms with Gasteiger partial charge in [0.2, 0.25) is 0 Å². The zero-order valence-electron chi connectivity index (χ0n) is 15.7. The lowest BCUT2D eigenvalue weighted by Crippen LogP contribution is -2.00. The van der Waals surface area contributed by atoms with Gasteiger partial charge in [-0.05, 0) is 60.4 Å². The van der Waals surface area contributed by atoms with Crippen molar-refractivity contribution in [3.8, 4) is 33.0 Å². The lowest BCUT2D eigenvalue weighted by Gasteiger charge is -2.16. The van der Waals surface area contributed by atoms with Gasteiger partial charge in [-0.3, -0.25) is 9.67 Å². The molecule has 3 aromatic heterocycles. The van der Waals surface area contributed by atoms with Crippen LogP contribution in [0.25, 0.3) is 33.0 Å². The summed E-state index contributed by atoms with van der Waals surface area (Å²) in [5, 5.41) is 16.3. The number of hydrogen-bond acceptors (Lipinski definition) is 5. The molecule has 0 atom stereocenters. The van der Waals surface area contributed by atoms with Crippen molar-refractivity contribution in [3.05, 3.63) is 65.1 Å². The van der Waals surface area contributed by atoms with Gasteiger partial charge in [-0.25, -0.2) is 9.78 Å². The fraction of sp³-hybridized carbons (Fsp3) is 0.143. The van der Waals surface area contributed by atoms with Gasteiger partial charge in [0.15, 0.2) is 5.69 Å². The first-order chi connectivity index (χ1) is 13.5. The molecule has 0 saturated carbocycles. The monoisotopic (exact) mass is 390 g/mol. The summed E-state index contributed by atoms with van der Waals surface area (Å²) in [5.74, 6) is -1.04. The summed E-state index contributed by atoms with van der Waals surface area (Å²) in [4.78, 5) is 20.0. The van der Waals surface area contributed by atoms with Gasteiger partial charge in [0.05, 0.1) is 5.69 Å². The quantitative estimate of drug-likeness (QED) is 0.551. The predicted molar refractivity (Wildman–Crippen MR) is 109 cm³/mol. The molecule has 28 heavy (non-hydrogen) atoms. The molecule has 1 aromatic carbocycles. The lowest BCUT2D eigenvalue weighted by molar-refractivity contribution is 0.0689. The minimum atomic E-state index is -1.04. The summed E-state index contributed by atoms with van der Waals surface area (Å²) in [6.07, 6.45) is 5.41. The van der Waals surface area contributed by atoms with Crippen molar-refractivity contribution < 1.29 is 9.90 Å². The number of carboxylic acids is 1. The number of aryl methyl sites for hydroxylation is 2. The number of aromatic carboxylic acids is 1. The molecule has 4 rings (SSSR count). The lowest BCUT2D eigenvalue weighted by atomic mass is 9.91. The third kappa shape index (κ3) is 3.10. The fourth-order valence-electron chi connectivity index (χ4n) is 3.35. The second-order valence-electron chi connectivity index (χ2n) is 6.57. The van der Waals surface area contributed by atoms with Crippen LogP contribution in [0.2, 0.25) is 0 Å². The Morgan fingerprint density at radius 2 is 1.89 bits per heavy atom. The van der Waals surface area contributed by atoms with Crippen LogP contribution in [0.4, 0.5) is 0 Å². The molecule has 0 amide bonds. The van der Waals surface area contributed by atoms with Crippen molar-refractivity contribution in [2.75, 3.05) is 0 Å². The molecule has 4 aromatic rings. The number of carbonyl (C=O) groups is 1. The Hall–Kier alpha value is -3.32. The number of pyridine rings is 1. The van der Waals surface area contributed by atoms with E-state index in [1.807, 2.05) is 31.5 Å². The topological polar surface area (TPSA) is 80.9 Å². The van der Waals surface area contributed by atoms with Gasteiger partial charge in [-0.15, -0.1) is 11.3 Å². The fourth-order valence-corrected chi connectivity index (χ4v) is 3.98. The van der Waals surface area contributed by atoms with Crippen LogP contribution >= 0.6 is 11.3 Å². The first-order valence-corrected chi connectivity index (χ1v) is 9.57. The average molecular weight is 390 g/mol. The van der Waals surface area contributed by atoms with Gasteiger partial charge in [-0.1, -0.05) is 0 Å². The van der Waals surface area contributed by atoms with Crippen molar-refractivity contribution in [1.82, 2.24) is 19.7 Å². The van der Waals surface area contributed by atoms with Crippen molar-refractivity contribution in [2.45, 2.75) is 13.8 Å². The molecule has 6 nitrogen and oxygen atoms in total. The molecule has 0 aliphatic carbocycles. The summed E-state index contributed by atoms with van der Waals surface area (Å²) in [5.41, 5.74) is 6.98. The maximum Gasteiger partial charge on any atom is 0.356 e. The van der Waals surface area contributed by atoms with Crippen LogP contribution in [0.3, 0.4) is 0 Å². The van der Waals surface area contributed by atoms with E-state index in [1.54, 1.807) is 41.5 Å². The van der Waals surface area contributed by atoms with Crippen LogP contribution in [0.5, 0.6) is 0 Å². The molecule has 0 saturated heterocycles. The number of thiazole rings is 1. The van der Waals surface area contributed by atoms with Crippen LogP contribution in [0, 0.1) is 13.8 Å². The molecule has 7 heteroatoms. The van der Waals surface area contributed by atoms with Crippen LogP contribution < -0.4 is 0 Å². The molecule has 0 unspecified atom stereocenters. The molecule has 0 fully saturated rings. The minimum absolute atomic E-state index is 0.0261. The molecule has 1 N–H and O–H groups in total. The number of carboxylic acid groups (broad SMARTS) is 1. The molecule has 3 heterocycles. The maximum atomic E-state index is 11.4. The Morgan fingerprint density at radius 3 is 2.54 bits per heavy atom. The Morgan fingerprint density at radius 1 is 1.11 bits per heavy atom. The van der Waals surface area contributed by atoms with Gasteiger partial charge in [0.1, 0.15) is 5.01 Å². The smallest absolute Gasteiger partial charge is 0.356 e. The first kappa shape index (κ1) is 18.1. The highest BCUT2D eigenvalue weighted by Gasteiger charge is 2.19. The Kier molecular flexibility index (Phi) is 4.52. The zero-order valence-corrected chi connectivity index (χ0v) is 16.5. The molecule has 0 spiro atoms. The van der Waals surface area contributed by atoms with E-state index in [9.17, 15) is 9.90 Å². The predicted octanol–water partition coefficient (Wildman–Crippen LogP) is 4.59. The van der Waals surface area contributed by atoms with E-state index < -0.39 is 5.97 Å². The summed E-state index contributed by atoms with van der Waals surface area (Å²) in [7, 11) is 1.76. The molecule has 140 valence electrons. The highest BCUT2D eigenvalue weighted by Crippen LogP contribution is 2.38. The summed E-state index contributed by atoms with van der Waals surface area (Å²) in [6.45, 7) is 4.08. The van der Waals surface area contributed by atoms with Crippen LogP contribution in [-0.4, -0.2) is 30.8 Å². The summed E-state index contributed by atoms with van der Waals surface area (Å²) < 4.78 is 1.61. The highest BCUT2D eigenvalue weighted by molar-refractivity contribution is 7.13. The molecule has 0 bridgehead atoms. The van der Waals surface area contributed by atoms with Gasteiger partial charge in [0, 0.05) is 42.1 Å². The summed E-state index contributed by atoms with van der Waals surface area (Å²) in [6, 6.07) is 7.80. The average Bonchev–Trinajstić information content (AvgIpc) is 3.33. The van der Waals surface area contributed by atoms with Crippen molar-refractivity contribution >= 4 is 17.3 Å².